The van der Waals surface area contributed by atoms with Gasteiger partial charge in [-0.3, -0.25) is 4.79 Å². The molecule has 0 spiro atoms. The highest BCUT2D eigenvalue weighted by Crippen LogP contribution is 2.29. The molecule has 1 aromatic rings. The van der Waals surface area contributed by atoms with Crippen LogP contribution in [0.2, 0.25) is 0 Å². The maximum Gasteiger partial charge on any atom is 0.220 e. The van der Waals surface area contributed by atoms with Crippen LogP contribution >= 0.6 is 0 Å². The number of hydrogen-bond acceptors (Lipinski definition) is 4. The van der Waals surface area contributed by atoms with E-state index in [1.807, 2.05) is 12.1 Å². The quantitative estimate of drug-likeness (QED) is 0.811. The Labute approximate surface area is 137 Å². The first-order valence-corrected chi connectivity index (χ1v) is 8.31. The molecule has 1 heterocycles. The molecule has 2 unspecified atom stereocenters. The molecule has 0 radical (unpaired) electrons. The van der Waals surface area contributed by atoms with Gasteiger partial charge in [-0.1, -0.05) is 32.3 Å². The number of nitrogens with zero attached hydrogens (tertiary/aromatic N) is 1. The summed E-state index contributed by atoms with van der Waals surface area (Å²) in [5.74, 6) is 0.619. The van der Waals surface area contributed by atoms with Crippen LogP contribution in [-0.4, -0.2) is 29.4 Å². The largest absolute Gasteiger partial charge is 0.508 e. The zero-order chi connectivity index (χ0) is 16.8. The van der Waals surface area contributed by atoms with Crippen molar-refractivity contribution < 1.29 is 14.7 Å². The molecule has 0 saturated carbocycles. The van der Waals surface area contributed by atoms with Crippen molar-refractivity contribution in [2.75, 3.05) is 6.54 Å². The van der Waals surface area contributed by atoms with E-state index < -0.39 is 0 Å². The zero-order valence-corrected chi connectivity index (χ0v) is 14.1. The summed E-state index contributed by atoms with van der Waals surface area (Å²) in [7, 11) is 0. The van der Waals surface area contributed by atoms with Gasteiger partial charge in [0.1, 0.15) is 11.9 Å². The number of benzene rings is 1. The molecule has 1 amide bonds. The standard InChI is InChI=1S/C18H26N2O3/c1-4-5-16-15(10-17(22)19-11-12(2)3)18(20-23-16)13-6-8-14(21)9-7-13/h6-9,12,15-16,21H,4-5,10-11H2,1-3H3,(H,19,22). The van der Waals surface area contributed by atoms with Crippen molar-refractivity contribution in [2.24, 2.45) is 17.0 Å². The van der Waals surface area contributed by atoms with Gasteiger partial charge in [0.25, 0.3) is 0 Å². The topological polar surface area (TPSA) is 70.9 Å². The lowest BCUT2D eigenvalue weighted by molar-refractivity contribution is -0.122. The molecule has 2 N–H and O–H groups in total. The smallest absolute Gasteiger partial charge is 0.220 e. The molecule has 1 aliphatic rings. The number of rotatable bonds is 7. The molecular formula is C18H26N2O3. The third-order valence-electron chi connectivity index (χ3n) is 3.94. The highest BCUT2D eigenvalue weighted by atomic mass is 16.6. The highest BCUT2D eigenvalue weighted by Gasteiger charge is 2.35. The van der Waals surface area contributed by atoms with Crippen molar-refractivity contribution in [3.63, 3.8) is 0 Å². The number of hydrogen-bond donors (Lipinski definition) is 2. The van der Waals surface area contributed by atoms with Crippen LogP contribution in [0.4, 0.5) is 0 Å². The van der Waals surface area contributed by atoms with Gasteiger partial charge in [-0.15, -0.1) is 0 Å². The molecule has 2 rings (SSSR count). The minimum atomic E-state index is -0.0615. The number of carbonyl (C=O) groups excluding carboxylic acids is 1. The molecule has 0 bridgehead atoms. The third-order valence-corrected chi connectivity index (χ3v) is 3.94. The summed E-state index contributed by atoms with van der Waals surface area (Å²) in [6.07, 6.45) is 2.16. The van der Waals surface area contributed by atoms with Gasteiger partial charge in [-0.25, -0.2) is 0 Å². The lowest BCUT2D eigenvalue weighted by Gasteiger charge is -2.18. The Morgan fingerprint density at radius 3 is 2.65 bits per heavy atom. The van der Waals surface area contributed by atoms with Gasteiger partial charge >= 0.3 is 0 Å². The number of nitrogens with one attached hydrogen (secondary N) is 1. The summed E-state index contributed by atoms with van der Waals surface area (Å²) < 4.78 is 0. The van der Waals surface area contributed by atoms with Gasteiger partial charge in [-0.05, 0) is 36.6 Å². The number of phenols is 1. The Morgan fingerprint density at radius 2 is 2.04 bits per heavy atom. The third kappa shape index (κ3) is 4.71. The van der Waals surface area contributed by atoms with E-state index in [4.69, 9.17) is 4.84 Å². The summed E-state index contributed by atoms with van der Waals surface area (Å²) in [4.78, 5) is 17.8. The van der Waals surface area contributed by atoms with Crippen molar-refractivity contribution in [1.29, 1.82) is 0 Å². The van der Waals surface area contributed by atoms with E-state index in [2.05, 4.69) is 31.2 Å². The average molecular weight is 318 g/mol. The molecule has 0 aromatic heterocycles. The molecule has 0 saturated heterocycles. The fourth-order valence-electron chi connectivity index (χ4n) is 2.70. The first-order chi connectivity index (χ1) is 11.0. The van der Waals surface area contributed by atoms with Crippen LogP contribution in [0.3, 0.4) is 0 Å². The zero-order valence-electron chi connectivity index (χ0n) is 14.1. The van der Waals surface area contributed by atoms with Gasteiger partial charge in [0.2, 0.25) is 5.91 Å². The first kappa shape index (κ1) is 17.3. The van der Waals surface area contributed by atoms with Gasteiger partial charge in [0.15, 0.2) is 0 Å². The molecule has 1 aromatic carbocycles. The van der Waals surface area contributed by atoms with Gasteiger partial charge in [0.05, 0.1) is 11.6 Å². The van der Waals surface area contributed by atoms with Crippen molar-refractivity contribution >= 4 is 11.6 Å². The lowest BCUT2D eigenvalue weighted by atomic mass is 9.87. The second-order valence-electron chi connectivity index (χ2n) is 6.46. The molecule has 1 aliphatic heterocycles. The lowest BCUT2D eigenvalue weighted by Crippen LogP contribution is -2.34. The van der Waals surface area contributed by atoms with Crippen LogP contribution in [0.25, 0.3) is 0 Å². The van der Waals surface area contributed by atoms with Gasteiger partial charge in [0, 0.05) is 18.5 Å². The number of phenolic OH excluding ortho intramolecular Hbond substituents is 1. The normalized spacial score (nSPS) is 20.3. The predicted molar refractivity (Wildman–Crippen MR) is 90.4 cm³/mol. The van der Waals surface area contributed by atoms with Crippen LogP contribution in [-0.2, 0) is 9.63 Å². The van der Waals surface area contributed by atoms with Crippen molar-refractivity contribution in [1.82, 2.24) is 5.32 Å². The summed E-state index contributed by atoms with van der Waals surface area (Å²) in [6, 6.07) is 6.87. The van der Waals surface area contributed by atoms with E-state index in [1.165, 1.54) is 0 Å². The van der Waals surface area contributed by atoms with Crippen molar-refractivity contribution in [3.8, 4) is 5.75 Å². The van der Waals surface area contributed by atoms with E-state index in [1.54, 1.807) is 12.1 Å². The summed E-state index contributed by atoms with van der Waals surface area (Å²) in [5, 5.41) is 16.6. The van der Waals surface area contributed by atoms with Gasteiger partial charge in [-0.2, -0.15) is 0 Å². The monoisotopic (exact) mass is 318 g/mol. The molecule has 126 valence electrons. The van der Waals surface area contributed by atoms with Crippen LogP contribution in [0.15, 0.2) is 29.4 Å². The molecule has 5 heteroatoms. The average Bonchev–Trinajstić information content (AvgIpc) is 2.89. The summed E-state index contributed by atoms with van der Waals surface area (Å²) in [6.45, 7) is 6.92. The highest BCUT2D eigenvalue weighted by molar-refractivity contribution is 6.04. The Morgan fingerprint density at radius 1 is 1.35 bits per heavy atom. The number of oxime groups is 1. The molecule has 0 aliphatic carbocycles. The fourth-order valence-corrected chi connectivity index (χ4v) is 2.70. The second kappa shape index (κ2) is 7.99. The summed E-state index contributed by atoms with van der Waals surface area (Å²) >= 11 is 0. The Kier molecular flexibility index (Phi) is 6.02. The molecule has 5 nitrogen and oxygen atoms in total. The van der Waals surface area contributed by atoms with Crippen LogP contribution in [0.1, 0.15) is 45.6 Å². The maximum atomic E-state index is 12.2. The van der Waals surface area contributed by atoms with Crippen molar-refractivity contribution in [2.45, 2.75) is 46.1 Å². The van der Waals surface area contributed by atoms with E-state index in [9.17, 15) is 9.90 Å². The molecular weight excluding hydrogens is 292 g/mol. The van der Waals surface area contributed by atoms with Crippen LogP contribution in [0, 0.1) is 11.8 Å². The Bertz CT molecular complexity index is 552. The number of aromatic hydroxyl groups is 1. The molecule has 0 fully saturated rings. The van der Waals surface area contributed by atoms with Crippen molar-refractivity contribution in [3.05, 3.63) is 29.8 Å². The second-order valence-corrected chi connectivity index (χ2v) is 6.46. The Hall–Kier alpha value is -2.04. The molecule has 23 heavy (non-hydrogen) atoms. The van der Waals surface area contributed by atoms with Crippen LogP contribution < -0.4 is 5.32 Å². The predicted octanol–water partition coefficient (Wildman–Crippen LogP) is 3.07. The van der Waals surface area contributed by atoms with E-state index in [0.717, 1.165) is 24.1 Å². The summed E-state index contributed by atoms with van der Waals surface area (Å²) in [5.41, 5.74) is 1.69. The maximum absolute atomic E-state index is 12.2. The molecule has 2 atom stereocenters. The van der Waals surface area contributed by atoms with E-state index in [-0.39, 0.29) is 23.7 Å². The van der Waals surface area contributed by atoms with E-state index >= 15 is 0 Å². The minimum Gasteiger partial charge on any atom is -0.508 e. The Balaban J connectivity index is 2.10. The SMILES string of the molecule is CCCC1ON=C(c2ccc(O)cc2)C1CC(=O)NCC(C)C. The van der Waals surface area contributed by atoms with E-state index in [0.29, 0.717) is 18.9 Å². The van der Waals surface area contributed by atoms with Crippen LogP contribution in [0.5, 0.6) is 5.75 Å². The number of carbonyl (C=O) groups is 1. The number of amides is 1. The fraction of sp³-hybridized carbons (Fsp3) is 0.556. The minimum absolute atomic E-state index is 0.0294. The first-order valence-electron chi connectivity index (χ1n) is 8.31. The van der Waals surface area contributed by atoms with Gasteiger partial charge < -0.3 is 15.3 Å².